The van der Waals surface area contributed by atoms with Crippen LogP contribution in [0.2, 0.25) is 0 Å². The van der Waals surface area contributed by atoms with Gasteiger partial charge in [-0.15, -0.1) is 0 Å². The molecule has 8 aromatic carbocycles. The van der Waals surface area contributed by atoms with Gasteiger partial charge in [0.25, 0.3) is 0 Å². The Hall–Kier alpha value is -7.81. The molecule has 260 valence electrons. The minimum Gasteiger partial charge on any atom is -0.309 e. The first-order valence-electron chi connectivity index (χ1n) is 18.7. The summed E-state index contributed by atoms with van der Waals surface area (Å²) in [5.74, 6) is 0.642. The second-order valence-corrected chi connectivity index (χ2v) is 14.2. The Morgan fingerprint density at radius 1 is 0.375 bits per heavy atom. The van der Waals surface area contributed by atoms with Crippen molar-refractivity contribution in [3.8, 4) is 51.2 Å². The minimum atomic E-state index is 0.600. The molecule has 0 fully saturated rings. The van der Waals surface area contributed by atoms with E-state index in [2.05, 4.69) is 155 Å². The third-order valence-corrected chi connectivity index (χ3v) is 10.9. The highest BCUT2D eigenvalue weighted by Gasteiger charge is 2.17. The number of nitriles is 1. The molecule has 0 aliphatic rings. The molecule has 0 N–H and O–H groups in total. The van der Waals surface area contributed by atoms with Crippen LogP contribution in [0, 0.1) is 11.3 Å². The van der Waals surface area contributed by atoms with Gasteiger partial charge in [0.2, 0.25) is 0 Å². The first-order valence-corrected chi connectivity index (χ1v) is 18.7. The fraction of sp³-hybridized carbons (Fsp3) is 0. The van der Waals surface area contributed by atoms with Gasteiger partial charge in [0.05, 0.1) is 44.9 Å². The lowest BCUT2D eigenvalue weighted by molar-refractivity contribution is 1.17. The second-order valence-electron chi connectivity index (χ2n) is 14.2. The molecule has 0 aliphatic carbocycles. The fourth-order valence-corrected chi connectivity index (χ4v) is 8.36. The van der Waals surface area contributed by atoms with Gasteiger partial charge in [-0.1, -0.05) is 97.1 Å². The van der Waals surface area contributed by atoms with Crippen LogP contribution in [0.4, 0.5) is 0 Å². The SMILES string of the molecule is N#Cc1cccc(-c2nc(-c3ccc(-n4c5ccccc5c5cc(-c6ccc7c(c6)c6ccccc6n7-c6ccccc6)ccc54)cc3)nc3ccccc23)c1. The lowest BCUT2D eigenvalue weighted by Gasteiger charge is -2.11. The summed E-state index contributed by atoms with van der Waals surface area (Å²) in [4.78, 5) is 10.0. The standard InChI is InChI=1S/C51H31N5/c52-32-33-11-10-12-37(29-33)50-42-17-4-7-18-45(42)53-51(54-50)34-21-25-39(26-22-34)56-47-20-9-6-16-41(47)44-31-36(24-28-49(44)56)35-23-27-48-43(30-35)40-15-5-8-19-46(40)55(48)38-13-2-1-3-14-38/h1-31H. The highest BCUT2D eigenvalue weighted by Crippen LogP contribution is 2.39. The van der Waals surface area contributed by atoms with Crippen molar-refractivity contribution < 1.29 is 0 Å². The summed E-state index contributed by atoms with van der Waals surface area (Å²) < 4.78 is 4.70. The van der Waals surface area contributed by atoms with Crippen molar-refractivity contribution in [3.05, 3.63) is 194 Å². The molecule has 0 spiro atoms. The normalized spacial score (nSPS) is 11.6. The summed E-state index contributed by atoms with van der Waals surface area (Å²) in [7, 11) is 0. The number of rotatable bonds is 5. The molecule has 0 unspecified atom stereocenters. The molecule has 0 saturated carbocycles. The molecule has 3 aromatic heterocycles. The van der Waals surface area contributed by atoms with Crippen molar-refractivity contribution in [2.24, 2.45) is 0 Å². The van der Waals surface area contributed by atoms with Crippen LogP contribution < -0.4 is 0 Å². The number of fused-ring (bicyclic) bond motifs is 7. The molecule has 0 amide bonds. The molecule has 3 heterocycles. The van der Waals surface area contributed by atoms with Gasteiger partial charge in [-0.25, -0.2) is 9.97 Å². The van der Waals surface area contributed by atoms with Gasteiger partial charge in [0.15, 0.2) is 5.82 Å². The number of aromatic nitrogens is 4. The van der Waals surface area contributed by atoms with E-state index in [9.17, 15) is 5.26 Å². The van der Waals surface area contributed by atoms with E-state index in [1.165, 1.54) is 43.7 Å². The van der Waals surface area contributed by atoms with E-state index >= 15 is 0 Å². The van der Waals surface area contributed by atoms with Crippen LogP contribution in [0.5, 0.6) is 0 Å². The number of para-hydroxylation sites is 4. The summed E-state index contributed by atoms with van der Waals surface area (Å²) in [5, 5.41) is 15.4. The average molecular weight is 714 g/mol. The Labute approximate surface area is 322 Å². The Morgan fingerprint density at radius 3 is 1.55 bits per heavy atom. The third-order valence-electron chi connectivity index (χ3n) is 10.9. The highest BCUT2D eigenvalue weighted by molar-refractivity contribution is 6.12. The predicted octanol–water partition coefficient (Wildman–Crippen LogP) is 12.7. The zero-order valence-electron chi connectivity index (χ0n) is 30.1. The molecule has 56 heavy (non-hydrogen) atoms. The van der Waals surface area contributed by atoms with E-state index in [-0.39, 0.29) is 0 Å². The van der Waals surface area contributed by atoms with Crippen molar-refractivity contribution in [3.63, 3.8) is 0 Å². The lowest BCUT2D eigenvalue weighted by Crippen LogP contribution is -1.97. The Balaban J connectivity index is 1.01. The zero-order valence-corrected chi connectivity index (χ0v) is 30.1. The van der Waals surface area contributed by atoms with E-state index in [0.717, 1.165) is 50.1 Å². The van der Waals surface area contributed by atoms with Crippen LogP contribution in [0.25, 0.3) is 99.7 Å². The van der Waals surface area contributed by atoms with Crippen molar-refractivity contribution in [1.29, 1.82) is 5.26 Å². The topological polar surface area (TPSA) is 59.4 Å². The molecule has 5 heteroatoms. The van der Waals surface area contributed by atoms with Crippen LogP contribution in [-0.2, 0) is 0 Å². The van der Waals surface area contributed by atoms with Gasteiger partial charge in [-0.3, -0.25) is 0 Å². The summed E-state index contributed by atoms with van der Waals surface area (Å²) in [5.41, 5.74) is 13.4. The second kappa shape index (κ2) is 12.7. The summed E-state index contributed by atoms with van der Waals surface area (Å²) in [6.45, 7) is 0. The van der Waals surface area contributed by atoms with Crippen molar-refractivity contribution in [2.45, 2.75) is 0 Å². The van der Waals surface area contributed by atoms with E-state index in [4.69, 9.17) is 9.97 Å². The van der Waals surface area contributed by atoms with Crippen LogP contribution in [0.3, 0.4) is 0 Å². The third kappa shape index (κ3) is 5.01. The first-order chi connectivity index (χ1) is 27.7. The van der Waals surface area contributed by atoms with Gasteiger partial charge >= 0.3 is 0 Å². The van der Waals surface area contributed by atoms with Crippen LogP contribution >= 0.6 is 0 Å². The molecule has 0 bridgehead atoms. The number of benzene rings is 8. The molecular weight excluding hydrogens is 683 g/mol. The molecule has 5 nitrogen and oxygen atoms in total. The Morgan fingerprint density at radius 2 is 0.911 bits per heavy atom. The van der Waals surface area contributed by atoms with Crippen LogP contribution in [-0.4, -0.2) is 19.1 Å². The smallest absolute Gasteiger partial charge is 0.160 e. The molecule has 0 aliphatic heterocycles. The Kier molecular flexibility index (Phi) is 7.16. The largest absolute Gasteiger partial charge is 0.309 e. The zero-order chi connectivity index (χ0) is 37.2. The van der Waals surface area contributed by atoms with E-state index in [0.29, 0.717) is 11.4 Å². The summed E-state index contributed by atoms with van der Waals surface area (Å²) in [6, 6.07) is 68.0. The average Bonchev–Trinajstić information content (AvgIpc) is 3.78. The van der Waals surface area contributed by atoms with Crippen molar-refractivity contribution in [2.75, 3.05) is 0 Å². The van der Waals surface area contributed by atoms with Gasteiger partial charge in [0.1, 0.15) is 0 Å². The maximum atomic E-state index is 9.57. The number of hydrogen-bond donors (Lipinski definition) is 0. The quantitative estimate of drug-likeness (QED) is 0.178. The molecular formula is C51H31N5. The molecule has 11 aromatic rings. The molecule has 0 atom stereocenters. The summed E-state index contributed by atoms with van der Waals surface area (Å²) in [6.07, 6.45) is 0. The van der Waals surface area contributed by atoms with Gasteiger partial charge in [-0.2, -0.15) is 5.26 Å². The predicted molar refractivity (Wildman–Crippen MR) is 229 cm³/mol. The van der Waals surface area contributed by atoms with Crippen LogP contribution in [0.1, 0.15) is 5.56 Å². The van der Waals surface area contributed by atoms with Crippen molar-refractivity contribution in [1.82, 2.24) is 19.1 Å². The highest BCUT2D eigenvalue weighted by atomic mass is 15.0. The van der Waals surface area contributed by atoms with E-state index in [1.54, 1.807) is 0 Å². The monoisotopic (exact) mass is 713 g/mol. The number of hydrogen-bond acceptors (Lipinski definition) is 3. The Bertz CT molecular complexity index is 3370. The fourth-order valence-electron chi connectivity index (χ4n) is 8.36. The molecule has 0 saturated heterocycles. The minimum absolute atomic E-state index is 0.600. The van der Waals surface area contributed by atoms with E-state index < -0.39 is 0 Å². The number of nitrogens with zero attached hydrogens (tertiary/aromatic N) is 5. The molecule has 0 radical (unpaired) electrons. The van der Waals surface area contributed by atoms with Gasteiger partial charge in [-0.05, 0) is 102 Å². The van der Waals surface area contributed by atoms with Crippen molar-refractivity contribution >= 4 is 54.5 Å². The van der Waals surface area contributed by atoms with E-state index in [1.807, 2.05) is 48.5 Å². The maximum absolute atomic E-state index is 9.57. The maximum Gasteiger partial charge on any atom is 0.160 e. The summed E-state index contributed by atoms with van der Waals surface area (Å²) >= 11 is 0. The van der Waals surface area contributed by atoms with Gasteiger partial charge in [0, 0.05) is 49.4 Å². The molecule has 11 rings (SSSR count). The van der Waals surface area contributed by atoms with Crippen LogP contribution in [0.15, 0.2) is 188 Å². The first kappa shape index (κ1) is 31.7. The van der Waals surface area contributed by atoms with Gasteiger partial charge < -0.3 is 9.13 Å². The lowest BCUT2D eigenvalue weighted by atomic mass is 10.0.